The zero-order valence-corrected chi connectivity index (χ0v) is 24.2. The number of aromatic nitrogens is 2. The number of unbranched alkanes of at least 4 members (excludes halogenated alkanes) is 4. The molecule has 0 aliphatic rings. The number of nitrogens with zero attached hydrogens (tertiary/aromatic N) is 3. The van der Waals surface area contributed by atoms with Crippen molar-refractivity contribution in [2.24, 2.45) is 5.73 Å². The highest BCUT2D eigenvalue weighted by atomic mass is 15.1. The summed E-state index contributed by atoms with van der Waals surface area (Å²) < 4.78 is 2.12. The topological polar surface area (TPSA) is 47.1 Å². The molecule has 216 valence electrons. The number of aryl methyl sites for hydroxylation is 2. The van der Waals surface area contributed by atoms with Crippen molar-refractivity contribution in [3.63, 3.8) is 0 Å². The van der Waals surface area contributed by atoms with Gasteiger partial charge in [-0.15, -0.1) is 0 Å². The number of hydrogen-bond donors (Lipinski definition) is 1. The molecule has 0 amide bonds. The van der Waals surface area contributed by atoms with Gasteiger partial charge in [-0.1, -0.05) is 94.6 Å². The summed E-state index contributed by atoms with van der Waals surface area (Å²) in [7, 11) is 2.21. The highest BCUT2D eigenvalue weighted by molar-refractivity contribution is 5.07. The molecule has 2 aromatic heterocycles. The first-order valence-corrected chi connectivity index (χ1v) is 13.9. The van der Waals surface area contributed by atoms with Crippen LogP contribution in [0.4, 0.5) is 0 Å². The van der Waals surface area contributed by atoms with Gasteiger partial charge in [0.2, 0.25) is 0 Å². The monoisotopic (exact) mass is 509 g/mol. The Bertz CT molecular complexity index is 537. The van der Waals surface area contributed by atoms with E-state index in [2.05, 4.69) is 88.4 Å². The van der Waals surface area contributed by atoms with Crippen molar-refractivity contribution in [1.29, 1.82) is 0 Å². The van der Waals surface area contributed by atoms with Crippen molar-refractivity contribution in [2.45, 2.75) is 128 Å². The molecule has 0 saturated carbocycles. The second-order valence-electron chi connectivity index (χ2n) is 8.38. The van der Waals surface area contributed by atoms with Crippen LogP contribution in [-0.4, -0.2) is 41.1 Å². The Morgan fingerprint density at radius 3 is 1.61 bits per heavy atom. The van der Waals surface area contributed by atoms with Gasteiger partial charge in [0, 0.05) is 31.3 Å². The van der Waals surface area contributed by atoms with Crippen LogP contribution >= 0.6 is 0 Å². The van der Waals surface area contributed by atoms with Gasteiger partial charge in [0.1, 0.15) is 0 Å². The fourth-order valence-corrected chi connectivity index (χ4v) is 2.52. The van der Waals surface area contributed by atoms with Gasteiger partial charge in [0.05, 0.1) is 0 Å². The van der Waals surface area contributed by atoms with Crippen LogP contribution in [0.2, 0.25) is 0 Å². The smallest absolute Gasteiger partial charge is 0.0299 e. The first-order chi connectivity index (χ1) is 16.5. The molecule has 2 aromatic rings. The second-order valence-corrected chi connectivity index (χ2v) is 8.38. The summed E-state index contributed by atoms with van der Waals surface area (Å²) in [6.07, 6.45) is 19.3. The summed E-state index contributed by atoms with van der Waals surface area (Å²) in [5.41, 5.74) is 6.44. The molecule has 0 bridgehead atoms. The lowest BCUT2D eigenvalue weighted by Gasteiger charge is -2.14. The van der Waals surface area contributed by atoms with Crippen molar-refractivity contribution in [3.8, 4) is 0 Å². The molecule has 0 spiro atoms. The standard InChI is InChI=1S/C9H21N.C7H9N.C6H9N.C4H11N.C4H10.2CH4/c1-4-6-7-9-10(3)8-5-2;1-2-7-4-3-5-8-6-7;1-2-7-5-3-4-6-7;1-2-3-4-5;1-3-4-2;;/h4-9H2,1-3H3;3-6H,2H2,1H3;3-6H,2H2,1H3;2-5H2,1H3;3-4H2,1-2H3;2*1H4. The van der Waals surface area contributed by atoms with Crippen LogP contribution in [0, 0.1) is 0 Å². The summed E-state index contributed by atoms with van der Waals surface area (Å²) in [5.74, 6) is 0. The van der Waals surface area contributed by atoms with Crippen LogP contribution in [-0.2, 0) is 13.0 Å². The van der Waals surface area contributed by atoms with Gasteiger partial charge in [-0.3, -0.25) is 4.98 Å². The summed E-state index contributed by atoms with van der Waals surface area (Å²) in [5, 5.41) is 0. The van der Waals surface area contributed by atoms with Gasteiger partial charge < -0.3 is 15.2 Å². The Morgan fingerprint density at radius 1 is 0.750 bits per heavy atom. The van der Waals surface area contributed by atoms with E-state index in [-0.39, 0.29) is 14.9 Å². The Balaban J connectivity index is -0.000000113. The van der Waals surface area contributed by atoms with Crippen LogP contribution in [0.5, 0.6) is 0 Å². The fourth-order valence-electron chi connectivity index (χ4n) is 2.52. The van der Waals surface area contributed by atoms with Crippen molar-refractivity contribution < 1.29 is 0 Å². The molecule has 0 fully saturated rings. The zero-order valence-electron chi connectivity index (χ0n) is 24.2. The minimum atomic E-state index is 0. The normalized spacial score (nSPS) is 8.83. The molecule has 0 atom stereocenters. The van der Waals surface area contributed by atoms with Gasteiger partial charge in [-0.2, -0.15) is 0 Å². The molecule has 0 aromatic carbocycles. The van der Waals surface area contributed by atoms with Crippen molar-refractivity contribution in [3.05, 3.63) is 54.6 Å². The average molecular weight is 509 g/mol. The van der Waals surface area contributed by atoms with Crippen LogP contribution in [0.25, 0.3) is 0 Å². The maximum Gasteiger partial charge on any atom is 0.0299 e. The molecule has 0 aliphatic heterocycles. The third-order valence-corrected chi connectivity index (χ3v) is 4.97. The molecule has 0 radical (unpaired) electrons. The van der Waals surface area contributed by atoms with E-state index < -0.39 is 0 Å². The molecular weight excluding hydrogens is 440 g/mol. The molecule has 2 rings (SSSR count). The van der Waals surface area contributed by atoms with E-state index in [1.807, 2.05) is 24.4 Å². The van der Waals surface area contributed by atoms with Gasteiger partial charge in [0.25, 0.3) is 0 Å². The van der Waals surface area contributed by atoms with Crippen LogP contribution in [0.15, 0.2) is 49.1 Å². The summed E-state index contributed by atoms with van der Waals surface area (Å²) in [4.78, 5) is 6.37. The van der Waals surface area contributed by atoms with Gasteiger partial charge in [-0.25, -0.2) is 0 Å². The molecular formula is C32H68N4. The predicted molar refractivity (Wildman–Crippen MR) is 169 cm³/mol. The van der Waals surface area contributed by atoms with E-state index in [0.29, 0.717) is 0 Å². The molecule has 0 aliphatic carbocycles. The molecule has 4 nitrogen and oxygen atoms in total. The molecule has 2 N–H and O–H groups in total. The quantitative estimate of drug-likeness (QED) is 0.307. The highest BCUT2D eigenvalue weighted by Crippen LogP contribution is 1.96. The largest absolute Gasteiger partial charge is 0.355 e. The van der Waals surface area contributed by atoms with Crippen LogP contribution in [0.1, 0.15) is 120 Å². The van der Waals surface area contributed by atoms with E-state index in [9.17, 15) is 0 Å². The van der Waals surface area contributed by atoms with Crippen molar-refractivity contribution >= 4 is 0 Å². The van der Waals surface area contributed by atoms with Gasteiger partial charge in [0.15, 0.2) is 0 Å². The SMILES string of the molecule is C.C.CCCC.CCCCCN(C)CCC.CCCCN.CCc1cccnc1.CCn1cccc1. The number of pyridine rings is 1. The minimum absolute atomic E-state index is 0. The van der Waals surface area contributed by atoms with E-state index >= 15 is 0 Å². The summed E-state index contributed by atoms with van der Waals surface area (Å²) in [6.45, 7) is 19.7. The Morgan fingerprint density at radius 2 is 1.33 bits per heavy atom. The van der Waals surface area contributed by atoms with E-state index in [1.165, 1.54) is 70.0 Å². The Hall–Kier alpha value is -1.65. The maximum absolute atomic E-state index is 5.14. The number of rotatable bonds is 11. The zero-order chi connectivity index (χ0) is 26.3. The molecule has 0 unspecified atom stereocenters. The Labute approximate surface area is 229 Å². The average Bonchev–Trinajstić information content (AvgIpc) is 3.41. The number of nitrogens with two attached hydrogens (primary N) is 1. The highest BCUT2D eigenvalue weighted by Gasteiger charge is 1.93. The first-order valence-electron chi connectivity index (χ1n) is 13.9. The predicted octanol–water partition coefficient (Wildman–Crippen LogP) is 9.49. The van der Waals surface area contributed by atoms with E-state index in [0.717, 1.165) is 19.5 Å². The molecule has 2 heterocycles. The van der Waals surface area contributed by atoms with Gasteiger partial charge >= 0.3 is 0 Å². The fraction of sp³-hybridized carbons (Fsp3) is 0.719. The third kappa shape index (κ3) is 39.6. The summed E-state index contributed by atoms with van der Waals surface area (Å²) in [6, 6.07) is 8.10. The van der Waals surface area contributed by atoms with E-state index in [1.54, 1.807) is 6.20 Å². The molecule has 4 heteroatoms. The first kappa shape index (κ1) is 44.4. The lowest BCUT2D eigenvalue weighted by Crippen LogP contribution is -2.20. The van der Waals surface area contributed by atoms with E-state index in [4.69, 9.17) is 5.73 Å². The minimum Gasteiger partial charge on any atom is -0.355 e. The molecule has 36 heavy (non-hydrogen) atoms. The third-order valence-electron chi connectivity index (χ3n) is 4.97. The second kappa shape index (κ2) is 40.5. The van der Waals surface area contributed by atoms with Gasteiger partial charge in [-0.05, 0) is 83.1 Å². The number of hydrogen-bond acceptors (Lipinski definition) is 3. The lowest BCUT2D eigenvalue weighted by atomic mass is 10.2. The molecule has 0 saturated heterocycles. The van der Waals surface area contributed by atoms with Crippen LogP contribution < -0.4 is 5.73 Å². The summed E-state index contributed by atoms with van der Waals surface area (Å²) >= 11 is 0. The maximum atomic E-state index is 5.14. The Kier molecular flexibility index (Phi) is 49.9. The van der Waals surface area contributed by atoms with Crippen molar-refractivity contribution in [1.82, 2.24) is 14.5 Å². The lowest BCUT2D eigenvalue weighted by molar-refractivity contribution is 0.326. The van der Waals surface area contributed by atoms with Crippen LogP contribution in [0.3, 0.4) is 0 Å². The van der Waals surface area contributed by atoms with Crippen molar-refractivity contribution in [2.75, 3.05) is 26.7 Å².